The fourth-order valence-electron chi connectivity index (χ4n) is 4.29. The number of hydrogen-bond acceptors (Lipinski definition) is 3. The first-order valence-corrected chi connectivity index (χ1v) is 10.6. The van der Waals surface area contributed by atoms with Crippen molar-refractivity contribution in [2.24, 2.45) is 0 Å². The van der Waals surface area contributed by atoms with Crippen LogP contribution in [0.25, 0.3) is 0 Å². The number of benzene rings is 2. The Morgan fingerprint density at radius 2 is 1.62 bits per heavy atom. The predicted molar refractivity (Wildman–Crippen MR) is 118 cm³/mol. The van der Waals surface area contributed by atoms with Crippen molar-refractivity contribution in [2.45, 2.75) is 52.0 Å². The molecule has 0 atom stereocenters. The molecule has 0 bridgehead atoms. The zero-order valence-electron chi connectivity index (χ0n) is 17.9. The number of Topliss-reactive ketones (excluding diaryl/α,β-unsaturated/α-hetero) is 1. The van der Waals surface area contributed by atoms with Crippen LogP contribution in [-0.4, -0.2) is 41.8 Å². The molecule has 1 saturated heterocycles. The lowest BCUT2D eigenvalue weighted by molar-refractivity contribution is -0.129. The van der Waals surface area contributed by atoms with Crippen molar-refractivity contribution in [1.82, 2.24) is 4.90 Å². The van der Waals surface area contributed by atoms with Crippen molar-refractivity contribution < 1.29 is 9.59 Å². The quantitative estimate of drug-likeness (QED) is 0.701. The van der Waals surface area contributed by atoms with Gasteiger partial charge in [-0.25, -0.2) is 0 Å². The lowest BCUT2D eigenvalue weighted by Gasteiger charge is -2.47. The highest BCUT2D eigenvalue weighted by Gasteiger charge is 2.46. The molecule has 1 aliphatic rings. The highest BCUT2D eigenvalue weighted by molar-refractivity contribution is 6.03. The molecule has 29 heavy (non-hydrogen) atoms. The van der Waals surface area contributed by atoms with E-state index in [4.69, 9.17) is 0 Å². The molecule has 0 spiro atoms. The van der Waals surface area contributed by atoms with E-state index < -0.39 is 5.54 Å². The summed E-state index contributed by atoms with van der Waals surface area (Å²) in [6.07, 6.45) is 2.75. The Morgan fingerprint density at radius 1 is 1.00 bits per heavy atom. The third-order valence-corrected chi connectivity index (χ3v) is 6.17. The molecule has 4 nitrogen and oxygen atoms in total. The second-order valence-electron chi connectivity index (χ2n) is 8.08. The summed E-state index contributed by atoms with van der Waals surface area (Å²) in [5.74, 6) is 0.101. The molecule has 2 aromatic rings. The van der Waals surface area contributed by atoms with Crippen LogP contribution in [0.2, 0.25) is 0 Å². The Hall–Kier alpha value is -2.46. The minimum Gasteiger partial charge on any atom is -0.303 e. The maximum Gasteiger partial charge on any atom is 0.227 e. The first kappa shape index (κ1) is 21.3. The van der Waals surface area contributed by atoms with Crippen LogP contribution < -0.4 is 4.90 Å². The third kappa shape index (κ3) is 4.76. The highest BCUT2D eigenvalue weighted by atomic mass is 16.2. The van der Waals surface area contributed by atoms with Gasteiger partial charge in [0, 0.05) is 31.7 Å². The lowest BCUT2D eigenvalue weighted by Crippen LogP contribution is -2.61. The van der Waals surface area contributed by atoms with E-state index >= 15 is 0 Å². The molecule has 1 amide bonds. The fraction of sp³-hybridized carbons (Fsp3) is 0.440. The molecular formula is C25H32N2O2. The Kier molecular flexibility index (Phi) is 6.86. The molecule has 0 aliphatic carbocycles. The normalized spacial score (nSPS) is 16.4. The van der Waals surface area contributed by atoms with E-state index in [9.17, 15) is 9.59 Å². The number of carbonyl (C=O) groups excluding carboxylic acids is 2. The fourth-order valence-corrected chi connectivity index (χ4v) is 4.29. The number of rotatable bonds is 7. The van der Waals surface area contributed by atoms with Crippen molar-refractivity contribution >= 4 is 17.4 Å². The SMILES string of the molecule is CCC(=O)N(c1ccc(C)cc1)C1(C(C)=O)CCN(CCc2ccccc2)CC1. The van der Waals surface area contributed by atoms with Gasteiger partial charge in [-0.3, -0.25) is 14.5 Å². The molecule has 1 heterocycles. The van der Waals surface area contributed by atoms with Gasteiger partial charge in [-0.15, -0.1) is 0 Å². The van der Waals surface area contributed by atoms with E-state index in [0.717, 1.165) is 37.3 Å². The Morgan fingerprint density at radius 3 is 2.17 bits per heavy atom. The van der Waals surface area contributed by atoms with Crippen molar-refractivity contribution in [3.63, 3.8) is 0 Å². The minimum atomic E-state index is -0.744. The van der Waals surface area contributed by atoms with Crippen LogP contribution in [-0.2, 0) is 16.0 Å². The molecule has 0 unspecified atom stereocenters. The maximum atomic E-state index is 13.0. The van der Waals surface area contributed by atoms with Gasteiger partial charge in [-0.2, -0.15) is 0 Å². The molecule has 154 valence electrons. The van der Waals surface area contributed by atoms with Gasteiger partial charge in [0.25, 0.3) is 0 Å². The average molecular weight is 393 g/mol. The highest BCUT2D eigenvalue weighted by Crippen LogP contribution is 2.35. The van der Waals surface area contributed by atoms with Gasteiger partial charge in [0.05, 0.1) is 0 Å². The van der Waals surface area contributed by atoms with E-state index in [-0.39, 0.29) is 11.7 Å². The second kappa shape index (κ2) is 9.36. The lowest BCUT2D eigenvalue weighted by atomic mass is 9.81. The molecule has 1 fully saturated rings. The van der Waals surface area contributed by atoms with Crippen LogP contribution in [0.1, 0.15) is 44.2 Å². The zero-order valence-corrected chi connectivity index (χ0v) is 17.9. The number of likely N-dealkylation sites (tertiary alicyclic amines) is 1. The van der Waals surface area contributed by atoms with E-state index in [2.05, 4.69) is 29.2 Å². The van der Waals surface area contributed by atoms with Crippen LogP contribution in [0, 0.1) is 6.92 Å². The summed E-state index contributed by atoms with van der Waals surface area (Å²) in [6.45, 7) is 8.17. The van der Waals surface area contributed by atoms with Crippen LogP contribution in [0.3, 0.4) is 0 Å². The Bertz CT molecular complexity index is 822. The second-order valence-corrected chi connectivity index (χ2v) is 8.08. The van der Waals surface area contributed by atoms with E-state index in [0.29, 0.717) is 19.3 Å². The Balaban J connectivity index is 1.77. The van der Waals surface area contributed by atoms with Crippen molar-refractivity contribution in [3.05, 3.63) is 65.7 Å². The molecule has 0 radical (unpaired) electrons. The molecule has 2 aromatic carbocycles. The van der Waals surface area contributed by atoms with Crippen LogP contribution in [0.5, 0.6) is 0 Å². The molecule has 0 saturated carbocycles. The molecule has 4 heteroatoms. The van der Waals surface area contributed by atoms with Crippen LogP contribution >= 0.6 is 0 Å². The van der Waals surface area contributed by atoms with E-state index in [1.54, 1.807) is 11.8 Å². The summed E-state index contributed by atoms with van der Waals surface area (Å²) in [7, 11) is 0. The number of nitrogens with zero attached hydrogens (tertiary/aromatic N) is 2. The molecule has 1 aliphatic heterocycles. The van der Waals surface area contributed by atoms with Gasteiger partial charge in [-0.05, 0) is 50.8 Å². The van der Waals surface area contributed by atoms with Crippen molar-refractivity contribution in [2.75, 3.05) is 24.5 Å². The number of piperidine rings is 1. The number of anilines is 1. The van der Waals surface area contributed by atoms with E-state index in [1.807, 2.05) is 44.2 Å². The summed E-state index contributed by atoms with van der Waals surface area (Å²) in [5, 5.41) is 0. The van der Waals surface area contributed by atoms with E-state index in [1.165, 1.54) is 5.56 Å². The predicted octanol–water partition coefficient (Wildman–Crippen LogP) is 4.40. The van der Waals surface area contributed by atoms with Gasteiger partial charge in [-0.1, -0.05) is 55.0 Å². The number of aryl methyl sites for hydroxylation is 1. The minimum absolute atomic E-state index is 0.0155. The van der Waals surface area contributed by atoms with Gasteiger partial charge in [0.15, 0.2) is 5.78 Å². The van der Waals surface area contributed by atoms with Crippen molar-refractivity contribution in [1.29, 1.82) is 0 Å². The first-order valence-electron chi connectivity index (χ1n) is 10.6. The standard InChI is InChI=1S/C25H32N2O2/c1-4-24(29)27(23-12-10-20(2)11-13-23)25(21(3)28)15-18-26(19-16-25)17-14-22-8-6-5-7-9-22/h5-13H,4,14-19H2,1-3H3. The summed E-state index contributed by atoms with van der Waals surface area (Å²) in [4.78, 5) is 30.1. The van der Waals surface area contributed by atoms with Crippen LogP contribution in [0.15, 0.2) is 54.6 Å². The van der Waals surface area contributed by atoms with Gasteiger partial charge >= 0.3 is 0 Å². The Labute approximate surface area is 174 Å². The number of ketones is 1. The molecule has 0 N–H and O–H groups in total. The number of carbonyl (C=O) groups is 2. The number of amides is 1. The third-order valence-electron chi connectivity index (χ3n) is 6.17. The summed E-state index contributed by atoms with van der Waals surface area (Å²) < 4.78 is 0. The van der Waals surface area contributed by atoms with Gasteiger partial charge < -0.3 is 4.90 Å². The average Bonchev–Trinajstić information content (AvgIpc) is 2.75. The van der Waals surface area contributed by atoms with Gasteiger partial charge in [0.2, 0.25) is 5.91 Å². The topological polar surface area (TPSA) is 40.6 Å². The monoisotopic (exact) mass is 392 g/mol. The smallest absolute Gasteiger partial charge is 0.227 e. The van der Waals surface area contributed by atoms with Crippen molar-refractivity contribution in [3.8, 4) is 0 Å². The molecule has 0 aromatic heterocycles. The molecular weight excluding hydrogens is 360 g/mol. The number of hydrogen-bond donors (Lipinski definition) is 0. The van der Waals surface area contributed by atoms with Crippen LogP contribution in [0.4, 0.5) is 5.69 Å². The zero-order chi connectivity index (χ0) is 20.9. The summed E-state index contributed by atoms with van der Waals surface area (Å²) in [5.41, 5.74) is 2.56. The molecule has 3 rings (SSSR count). The summed E-state index contributed by atoms with van der Waals surface area (Å²) in [6, 6.07) is 18.4. The summed E-state index contributed by atoms with van der Waals surface area (Å²) >= 11 is 0. The van der Waals surface area contributed by atoms with Gasteiger partial charge in [0.1, 0.15) is 5.54 Å². The first-order chi connectivity index (χ1) is 14.0. The largest absolute Gasteiger partial charge is 0.303 e. The maximum absolute atomic E-state index is 13.0.